The zero-order chi connectivity index (χ0) is 11.7. The van der Waals surface area contributed by atoms with Gasteiger partial charge in [-0.15, -0.1) is 0 Å². The first-order valence-corrected chi connectivity index (χ1v) is 5.57. The minimum atomic E-state index is -0.625. The van der Waals surface area contributed by atoms with Crippen molar-refractivity contribution >= 4 is 11.4 Å². The molecule has 1 unspecified atom stereocenters. The molecular formula is C12H16F2N2. The first kappa shape index (κ1) is 11.2. The van der Waals surface area contributed by atoms with Gasteiger partial charge in [0.15, 0.2) is 11.6 Å². The summed E-state index contributed by atoms with van der Waals surface area (Å²) in [4.78, 5) is 0. The molecule has 2 rings (SSSR count). The second-order valence-electron chi connectivity index (χ2n) is 4.58. The van der Waals surface area contributed by atoms with Crippen molar-refractivity contribution in [3.8, 4) is 0 Å². The Balaban J connectivity index is 2.07. The molecule has 0 bridgehead atoms. The van der Waals surface area contributed by atoms with Gasteiger partial charge in [-0.2, -0.15) is 0 Å². The lowest BCUT2D eigenvalue weighted by atomic mass is 10.1. The standard InChI is InChI=1S/C12H16F2N2/c1-7(4-8-2-3-8)16-12-10(13)5-9(15)6-11(12)14/h5-8,16H,2-4,15H2,1H3. The molecule has 88 valence electrons. The van der Waals surface area contributed by atoms with Crippen molar-refractivity contribution in [2.24, 2.45) is 5.92 Å². The number of halogens is 2. The molecule has 4 heteroatoms. The van der Waals surface area contributed by atoms with Crippen LogP contribution in [0.15, 0.2) is 12.1 Å². The topological polar surface area (TPSA) is 38.0 Å². The summed E-state index contributed by atoms with van der Waals surface area (Å²) in [5.74, 6) is -0.525. The maximum absolute atomic E-state index is 13.4. The number of benzene rings is 1. The number of nitrogens with two attached hydrogens (primary N) is 1. The molecule has 0 saturated heterocycles. The number of rotatable bonds is 4. The van der Waals surface area contributed by atoms with Gasteiger partial charge in [-0.1, -0.05) is 12.8 Å². The van der Waals surface area contributed by atoms with E-state index in [1.54, 1.807) is 0 Å². The van der Waals surface area contributed by atoms with Crippen molar-refractivity contribution in [1.29, 1.82) is 0 Å². The predicted octanol–water partition coefficient (Wildman–Crippen LogP) is 3.15. The summed E-state index contributed by atoms with van der Waals surface area (Å²) in [5.41, 5.74) is 5.38. The zero-order valence-electron chi connectivity index (χ0n) is 9.26. The van der Waals surface area contributed by atoms with E-state index in [4.69, 9.17) is 5.73 Å². The number of nitrogens with one attached hydrogen (secondary N) is 1. The lowest BCUT2D eigenvalue weighted by Crippen LogP contribution is -2.18. The SMILES string of the molecule is CC(CC1CC1)Nc1c(F)cc(N)cc1F. The summed E-state index contributed by atoms with van der Waals surface area (Å²) in [5, 5.41) is 2.87. The molecule has 2 nitrogen and oxygen atoms in total. The minimum Gasteiger partial charge on any atom is -0.399 e. The molecule has 1 aliphatic rings. The van der Waals surface area contributed by atoms with Crippen LogP contribution in [0, 0.1) is 17.6 Å². The van der Waals surface area contributed by atoms with Crippen molar-refractivity contribution in [2.75, 3.05) is 11.1 Å². The highest BCUT2D eigenvalue weighted by Gasteiger charge is 2.24. The largest absolute Gasteiger partial charge is 0.399 e. The van der Waals surface area contributed by atoms with E-state index in [2.05, 4.69) is 5.32 Å². The highest BCUT2D eigenvalue weighted by molar-refractivity contribution is 5.54. The lowest BCUT2D eigenvalue weighted by molar-refractivity contribution is 0.574. The predicted molar refractivity (Wildman–Crippen MR) is 61.2 cm³/mol. The molecule has 16 heavy (non-hydrogen) atoms. The number of hydrogen-bond donors (Lipinski definition) is 2. The molecule has 0 aliphatic heterocycles. The van der Waals surface area contributed by atoms with Crippen LogP contribution in [0.25, 0.3) is 0 Å². The maximum Gasteiger partial charge on any atom is 0.151 e. The molecule has 0 radical (unpaired) electrons. The molecule has 1 saturated carbocycles. The summed E-state index contributed by atoms with van der Waals surface area (Å²) >= 11 is 0. The molecule has 1 aromatic rings. The molecule has 1 fully saturated rings. The minimum absolute atomic E-state index is 0.0673. The van der Waals surface area contributed by atoms with Gasteiger partial charge in [0.1, 0.15) is 5.69 Å². The Morgan fingerprint density at radius 2 is 1.94 bits per heavy atom. The first-order chi connectivity index (χ1) is 7.56. The van der Waals surface area contributed by atoms with Crippen LogP contribution < -0.4 is 11.1 Å². The Hall–Kier alpha value is -1.32. The lowest BCUT2D eigenvalue weighted by Gasteiger charge is -2.16. The van der Waals surface area contributed by atoms with Gasteiger partial charge in [-0.25, -0.2) is 8.78 Å². The molecule has 0 aromatic heterocycles. The Morgan fingerprint density at radius 3 is 2.44 bits per heavy atom. The van der Waals surface area contributed by atoms with Crippen LogP contribution in [0.2, 0.25) is 0 Å². The quantitative estimate of drug-likeness (QED) is 0.774. The van der Waals surface area contributed by atoms with Crippen LogP contribution in [-0.2, 0) is 0 Å². The van der Waals surface area contributed by atoms with E-state index in [0.717, 1.165) is 24.5 Å². The number of hydrogen-bond acceptors (Lipinski definition) is 2. The van der Waals surface area contributed by atoms with E-state index >= 15 is 0 Å². The smallest absolute Gasteiger partial charge is 0.151 e. The van der Waals surface area contributed by atoms with Crippen molar-refractivity contribution in [3.63, 3.8) is 0 Å². The molecule has 0 amide bonds. The molecule has 3 N–H and O–H groups in total. The summed E-state index contributed by atoms with van der Waals surface area (Å²) < 4.78 is 26.9. The highest BCUT2D eigenvalue weighted by Crippen LogP contribution is 2.34. The average molecular weight is 226 g/mol. The van der Waals surface area contributed by atoms with E-state index in [1.807, 2.05) is 6.92 Å². The number of anilines is 2. The van der Waals surface area contributed by atoms with Gasteiger partial charge in [0.25, 0.3) is 0 Å². The highest BCUT2D eigenvalue weighted by atomic mass is 19.1. The van der Waals surface area contributed by atoms with E-state index in [1.165, 1.54) is 12.8 Å². The fourth-order valence-corrected chi connectivity index (χ4v) is 1.89. The summed E-state index contributed by atoms with van der Waals surface area (Å²) in [7, 11) is 0. The maximum atomic E-state index is 13.4. The fraction of sp³-hybridized carbons (Fsp3) is 0.500. The van der Waals surface area contributed by atoms with Crippen LogP contribution in [0.4, 0.5) is 20.2 Å². The van der Waals surface area contributed by atoms with Crippen LogP contribution >= 0.6 is 0 Å². The molecule has 1 atom stereocenters. The molecule has 0 heterocycles. The molecule has 0 spiro atoms. The van der Waals surface area contributed by atoms with Crippen molar-refractivity contribution in [1.82, 2.24) is 0 Å². The van der Waals surface area contributed by atoms with E-state index in [9.17, 15) is 8.78 Å². The Labute approximate surface area is 93.8 Å². The van der Waals surface area contributed by atoms with Gasteiger partial charge in [-0.05, 0) is 31.4 Å². The van der Waals surface area contributed by atoms with E-state index < -0.39 is 11.6 Å². The van der Waals surface area contributed by atoms with Gasteiger partial charge in [0.2, 0.25) is 0 Å². The van der Waals surface area contributed by atoms with Gasteiger partial charge in [-0.3, -0.25) is 0 Å². The average Bonchev–Trinajstić information content (AvgIpc) is 2.95. The van der Waals surface area contributed by atoms with Crippen LogP contribution in [0.1, 0.15) is 26.2 Å². The van der Waals surface area contributed by atoms with Crippen molar-refractivity contribution < 1.29 is 8.78 Å². The van der Waals surface area contributed by atoms with E-state index in [-0.39, 0.29) is 17.4 Å². The Kier molecular flexibility index (Phi) is 2.99. The molecule has 1 aromatic carbocycles. The van der Waals surface area contributed by atoms with Crippen LogP contribution in [0.5, 0.6) is 0 Å². The fourth-order valence-electron chi connectivity index (χ4n) is 1.89. The zero-order valence-corrected chi connectivity index (χ0v) is 9.26. The van der Waals surface area contributed by atoms with Gasteiger partial charge < -0.3 is 11.1 Å². The van der Waals surface area contributed by atoms with Crippen LogP contribution in [0.3, 0.4) is 0 Å². The number of nitrogen functional groups attached to an aromatic ring is 1. The first-order valence-electron chi connectivity index (χ1n) is 5.57. The van der Waals surface area contributed by atoms with Gasteiger partial charge in [0.05, 0.1) is 0 Å². The summed E-state index contributed by atoms with van der Waals surface area (Å²) in [6.07, 6.45) is 3.43. The van der Waals surface area contributed by atoms with Crippen LogP contribution in [-0.4, -0.2) is 6.04 Å². The Bertz CT molecular complexity index is 366. The second-order valence-corrected chi connectivity index (χ2v) is 4.58. The van der Waals surface area contributed by atoms with Crippen molar-refractivity contribution in [2.45, 2.75) is 32.2 Å². The van der Waals surface area contributed by atoms with Gasteiger partial charge >= 0.3 is 0 Å². The third kappa shape index (κ3) is 2.62. The van der Waals surface area contributed by atoms with Gasteiger partial charge in [0, 0.05) is 11.7 Å². The summed E-state index contributed by atoms with van der Waals surface area (Å²) in [6.45, 7) is 1.94. The second kappa shape index (κ2) is 4.28. The molecule has 1 aliphatic carbocycles. The normalized spacial score (nSPS) is 17.2. The molecular weight excluding hydrogens is 210 g/mol. The monoisotopic (exact) mass is 226 g/mol. The third-order valence-corrected chi connectivity index (χ3v) is 2.84. The summed E-state index contributed by atoms with van der Waals surface area (Å²) in [6, 6.07) is 2.35. The Morgan fingerprint density at radius 1 is 1.38 bits per heavy atom. The van der Waals surface area contributed by atoms with Crippen molar-refractivity contribution in [3.05, 3.63) is 23.8 Å². The third-order valence-electron chi connectivity index (χ3n) is 2.84. The van der Waals surface area contributed by atoms with E-state index in [0.29, 0.717) is 0 Å².